The minimum absolute atomic E-state index is 0.529. The van der Waals surface area contributed by atoms with Crippen LogP contribution in [0, 0.1) is 0 Å². The summed E-state index contributed by atoms with van der Waals surface area (Å²) >= 11 is 5.14. The third kappa shape index (κ3) is 3.78. The van der Waals surface area contributed by atoms with Crippen molar-refractivity contribution in [1.82, 2.24) is 0 Å². The zero-order chi connectivity index (χ0) is 14.5. The summed E-state index contributed by atoms with van der Waals surface area (Å²) < 4.78 is 6.32. The van der Waals surface area contributed by atoms with E-state index >= 15 is 0 Å². The van der Waals surface area contributed by atoms with E-state index in [-0.39, 0.29) is 0 Å². The highest BCUT2D eigenvalue weighted by Gasteiger charge is 2.12. The van der Waals surface area contributed by atoms with Gasteiger partial charge in [-0.25, -0.2) is 0 Å². The molecule has 106 valence electrons. The van der Waals surface area contributed by atoms with Crippen molar-refractivity contribution >= 4 is 27.7 Å². The molecular weight excluding hydrogens is 336 g/mol. The van der Waals surface area contributed by atoms with Gasteiger partial charge in [0.15, 0.2) is 0 Å². The number of aliphatic hydroxyl groups is 1. The van der Waals surface area contributed by atoms with Crippen LogP contribution in [0.2, 0.25) is 0 Å². The van der Waals surface area contributed by atoms with Gasteiger partial charge in [-0.1, -0.05) is 28.1 Å². The van der Waals surface area contributed by atoms with Crippen molar-refractivity contribution in [3.8, 4) is 5.75 Å². The Hall–Kier alpha value is -0.970. The average Bonchev–Trinajstić information content (AvgIpc) is 2.47. The predicted octanol–water partition coefficient (Wildman–Crippen LogP) is 4.46. The Morgan fingerprint density at radius 1 is 1.20 bits per heavy atom. The molecule has 1 atom stereocenters. The van der Waals surface area contributed by atoms with E-state index in [1.807, 2.05) is 48.7 Å². The van der Waals surface area contributed by atoms with E-state index in [0.717, 1.165) is 21.3 Å². The number of hydrogen-bond acceptors (Lipinski definition) is 3. The van der Waals surface area contributed by atoms with Crippen molar-refractivity contribution in [1.29, 1.82) is 0 Å². The summed E-state index contributed by atoms with van der Waals surface area (Å²) in [5, 5.41) is 10.4. The van der Waals surface area contributed by atoms with E-state index in [4.69, 9.17) is 4.74 Å². The van der Waals surface area contributed by atoms with Crippen LogP contribution >= 0.6 is 27.7 Å². The quantitative estimate of drug-likeness (QED) is 0.805. The molecular formula is C16H17BrO2S. The molecule has 0 bridgehead atoms. The first kappa shape index (κ1) is 15.4. The summed E-state index contributed by atoms with van der Waals surface area (Å²) in [7, 11) is 1.65. The Kier molecular flexibility index (Phi) is 5.52. The molecule has 2 aromatic rings. The zero-order valence-electron chi connectivity index (χ0n) is 11.5. The minimum Gasteiger partial charge on any atom is -0.496 e. The third-order valence-corrected chi connectivity index (χ3v) is 4.39. The summed E-state index contributed by atoms with van der Waals surface area (Å²) in [6, 6.07) is 13.8. The predicted molar refractivity (Wildman–Crippen MR) is 87.6 cm³/mol. The zero-order valence-corrected chi connectivity index (χ0v) is 13.9. The largest absolute Gasteiger partial charge is 0.496 e. The SMILES string of the molecule is COc1ccc(Br)cc1CC(O)c1ccc(SC)cc1. The van der Waals surface area contributed by atoms with Crippen LogP contribution in [0.1, 0.15) is 17.2 Å². The summed E-state index contributed by atoms with van der Waals surface area (Å²) in [5.74, 6) is 0.799. The summed E-state index contributed by atoms with van der Waals surface area (Å²) in [6.07, 6.45) is 2.04. The summed E-state index contributed by atoms with van der Waals surface area (Å²) in [4.78, 5) is 1.20. The van der Waals surface area contributed by atoms with Gasteiger partial charge in [-0.05, 0) is 47.7 Å². The van der Waals surface area contributed by atoms with Crippen LogP contribution in [0.15, 0.2) is 51.8 Å². The molecule has 0 saturated carbocycles. The smallest absolute Gasteiger partial charge is 0.122 e. The standard InChI is InChI=1S/C16H17BrO2S/c1-19-16-8-5-13(17)9-12(16)10-15(18)11-3-6-14(20-2)7-4-11/h3-9,15,18H,10H2,1-2H3. The molecule has 0 aliphatic carbocycles. The lowest BCUT2D eigenvalue weighted by Gasteiger charge is -2.14. The number of methoxy groups -OCH3 is 1. The molecule has 2 aromatic carbocycles. The third-order valence-electron chi connectivity index (χ3n) is 3.16. The van der Waals surface area contributed by atoms with Crippen molar-refractivity contribution in [2.24, 2.45) is 0 Å². The lowest BCUT2D eigenvalue weighted by molar-refractivity contribution is 0.177. The molecule has 0 aromatic heterocycles. The molecule has 2 rings (SSSR count). The van der Waals surface area contributed by atoms with E-state index in [0.29, 0.717) is 6.42 Å². The molecule has 0 heterocycles. The molecule has 1 N–H and O–H groups in total. The van der Waals surface area contributed by atoms with Crippen molar-refractivity contribution in [2.45, 2.75) is 17.4 Å². The lowest BCUT2D eigenvalue weighted by Crippen LogP contribution is -2.03. The van der Waals surface area contributed by atoms with Crippen molar-refractivity contribution in [2.75, 3.05) is 13.4 Å². The fourth-order valence-corrected chi connectivity index (χ4v) is 2.88. The van der Waals surface area contributed by atoms with Crippen LogP contribution in [-0.4, -0.2) is 18.5 Å². The van der Waals surface area contributed by atoms with Gasteiger partial charge in [0, 0.05) is 15.8 Å². The number of thioether (sulfide) groups is 1. The van der Waals surface area contributed by atoms with Gasteiger partial charge in [-0.3, -0.25) is 0 Å². The number of halogens is 1. The van der Waals surface area contributed by atoms with E-state index < -0.39 is 6.10 Å². The van der Waals surface area contributed by atoms with E-state index in [1.165, 1.54) is 4.90 Å². The van der Waals surface area contributed by atoms with Crippen LogP contribution in [0.25, 0.3) is 0 Å². The fourth-order valence-electron chi connectivity index (χ4n) is 2.06. The van der Waals surface area contributed by atoms with Crippen LogP contribution in [0.4, 0.5) is 0 Å². The molecule has 0 radical (unpaired) electrons. The molecule has 0 saturated heterocycles. The molecule has 1 unspecified atom stereocenters. The monoisotopic (exact) mass is 352 g/mol. The maximum atomic E-state index is 10.4. The number of hydrogen-bond donors (Lipinski definition) is 1. The lowest BCUT2D eigenvalue weighted by atomic mass is 10.0. The van der Waals surface area contributed by atoms with Gasteiger partial charge in [0.25, 0.3) is 0 Å². The molecule has 0 aliphatic heterocycles. The van der Waals surface area contributed by atoms with Gasteiger partial charge < -0.3 is 9.84 Å². The Labute approximate surface area is 132 Å². The van der Waals surface area contributed by atoms with E-state index in [1.54, 1.807) is 18.9 Å². The Bertz CT molecular complexity index is 569. The topological polar surface area (TPSA) is 29.5 Å². The van der Waals surface area contributed by atoms with E-state index in [9.17, 15) is 5.11 Å². The Balaban J connectivity index is 2.17. The molecule has 2 nitrogen and oxygen atoms in total. The van der Waals surface area contributed by atoms with E-state index in [2.05, 4.69) is 15.9 Å². The van der Waals surface area contributed by atoms with Crippen LogP contribution in [0.3, 0.4) is 0 Å². The van der Waals surface area contributed by atoms with Gasteiger partial charge in [0.2, 0.25) is 0 Å². The van der Waals surface area contributed by atoms with Crippen molar-refractivity contribution in [3.05, 3.63) is 58.1 Å². The molecule has 0 spiro atoms. The first-order valence-corrected chi connectivity index (χ1v) is 8.30. The summed E-state index contributed by atoms with van der Waals surface area (Å²) in [6.45, 7) is 0. The number of ether oxygens (including phenoxy) is 1. The second-order valence-corrected chi connectivity index (χ2v) is 6.24. The average molecular weight is 353 g/mol. The number of aliphatic hydroxyl groups excluding tert-OH is 1. The first-order valence-electron chi connectivity index (χ1n) is 6.28. The van der Waals surface area contributed by atoms with Gasteiger partial charge >= 0.3 is 0 Å². The second kappa shape index (κ2) is 7.16. The Morgan fingerprint density at radius 2 is 1.90 bits per heavy atom. The normalized spacial score (nSPS) is 12.2. The van der Waals surface area contributed by atoms with Gasteiger partial charge in [-0.15, -0.1) is 11.8 Å². The van der Waals surface area contributed by atoms with Crippen molar-refractivity contribution < 1.29 is 9.84 Å². The molecule has 0 aliphatic rings. The molecule has 20 heavy (non-hydrogen) atoms. The van der Waals surface area contributed by atoms with Gasteiger partial charge in [0.1, 0.15) is 5.75 Å². The highest BCUT2D eigenvalue weighted by molar-refractivity contribution is 9.10. The van der Waals surface area contributed by atoms with Crippen LogP contribution < -0.4 is 4.74 Å². The number of benzene rings is 2. The van der Waals surface area contributed by atoms with Gasteiger partial charge in [0.05, 0.1) is 13.2 Å². The highest BCUT2D eigenvalue weighted by atomic mass is 79.9. The first-order chi connectivity index (χ1) is 9.63. The second-order valence-electron chi connectivity index (χ2n) is 4.45. The number of rotatable bonds is 5. The molecule has 0 fully saturated rings. The fraction of sp³-hybridized carbons (Fsp3) is 0.250. The minimum atomic E-state index is -0.533. The van der Waals surface area contributed by atoms with Crippen LogP contribution in [0.5, 0.6) is 5.75 Å². The van der Waals surface area contributed by atoms with Crippen LogP contribution in [-0.2, 0) is 6.42 Å². The van der Waals surface area contributed by atoms with Gasteiger partial charge in [-0.2, -0.15) is 0 Å². The highest BCUT2D eigenvalue weighted by Crippen LogP contribution is 2.28. The molecule has 0 amide bonds. The molecule has 4 heteroatoms. The maximum absolute atomic E-state index is 10.4. The van der Waals surface area contributed by atoms with Crippen molar-refractivity contribution in [3.63, 3.8) is 0 Å². The summed E-state index contributed by atoms with van der Waals surface area (Å²) in [5.41, 5.74) is 1.91. The maximum Gasteiger partial charge on any atom is 0.122 e. The Morgan fingerprint density at radius 3 is 2.50 bits per heavy atom.